The predicted molar refractivity (Wildman–Crippen MR) is 172 cm³/mol. The van der Waals surface area contributed by atoms with Gasteiger partial charge in [-0.25, -0.2) is 9.59 Å². The Bertz CT molecular complexity index is 1140. The van der Waals surface area contributed by atoms with Gasteiger partial charge in [-0.3, -0.25) is 0 Å². The van der Waals surface area contributed by atoms with Gasteiger partial charge in [0.05, 0.1) is 25.4 Å². The van der Waals surface area contributed by atoms with Gasteiger partial charge in [-0.1, -0.05) is 0 Å². The van der Waals surface area contributed by atoms with Crippen LogP contribution in [0.5, 0.6) is 11.5 Å². The van der Waals surface area contributed by atoms with E-state index in [0.29, 0.717) is 24.3 Å². The second-order valence-corrected chi connectivity index (χ2v) is 11.4. The van der Waals surface area contributed by atoms with Crippen molar-refractivity contribution in [2.45, 2.75) is 72.0 Å². The van der Waals surface area contributed by atoms with Crippen LogP contribution in [0.2, 0.25) is 0 Å². The third-order valence-electron chi connectivity index (χ3n) is 7.02. The van der Waals surface area contributed by atoms with E-state index in [1.807, 2.05) is 24.3 Å². The van der Waals surface area contributed by atoms with Crippen molar-refractivity contribution in [3.05, 3.63) is 59.7 Å². The van der Waals surface area contributed by atoms with Crippen molar-refractivity contribution in [3.63, 3.8) is 0 Å². The number of rotatable bonds is 14. The SMILES string of the molecule is CC(C)OC(=O)/N=C(\N)c1ccc(OCCCC2CCN(CCCOc3ccc(/C(N)=N/C(=O)OC(C)C)cc3)CC2)cc1. The Hall–Kier alpha value is -4.12. The van der Waals surface area contributed by atoms with Crippen molar-refractivity contribution in [2.75, 3.05) is 32.8 Å². The molecule has 0 saturated carbocycles. The number of hydrogen-bond donors (Lipinski definition) is 2. The van der Waals surface area contributed by atoms with E-state index in [0.717, 1.165) is 56.3 Å². The molecule has 11 nitrogen and oxygen atoms in total. The minimum Gasteiger partial charge on any atom is -0.494 e. The summed E-state index contributed by atoms with van der Waals surface area (Å²) in [6.07, 6.45) is 3.61. The van der Waals surface area contributed by atoms with Crippen LogP contribution in [0.3, 0.4) is 0 Å². The number of hydrogen-bond acceptors (Lipinski definition) is 7. The van der Waals surface area contributed by atoms with Gasteiger partial charge < -0.3 is 35.3 Å². The standard InChI is InChI=1S/C33H47N5O6/c1-23(2)43-32(39)36-30(34)26-8-12-28(13-9-26)41-21-5-7-25-16-19-38(20-17-25)18-6-22-42-29-14-10-27(11-15-29)31(35)37-33(40)44-24(3)4/h8-15,23-25H,5-7,16-22H2,1-4H3,(H2,34,36,39)(H2,35,37,40). The number of carbonyl (C=O) groups excluding carboxylic acids is 2. The topological polar surface area (TPSA) is 151 Å². The lowest BCUT2D eigenvalue weighted by Gasteiger charge is -2.32. The van der Waals surface area contributed by atoms with Crippen molar-refractivity contribution in [1.29, 1.82) is 0 Å². The number of ether oxygens (including phenoxy) is 4. The van der Waals surface area contributed by atoms with Gasteiger partial charge in [-0.2, -0.15) is 9.98 Å². The van der Waals surface area contributed by atoms with Crippen LogP contribution in [0.25, 0.3) is 0 Å². The number of amidine groups is 2. The number of piperidine rings is 1. The van der Waals surface area contributed by atoms with Crippen molar-refractivity contribution >= 4 is 23.9 Å². The molecule has 4 N–H and O–H groups in total. The normalized spacial score (nSPS) is 15.0. The summed E-state index contributed by atoms with van der Waals surface area (Å²) < 4.78 is 21.8. The molecule has 1 aliphatic rings. The molecule has 1 fully saturated rings. The number of benzene rings is 2. The van der Waals surface area contributed by atoms with E-state index in [-0.39, 0.29) is 23.9 Å². The molecule has 240 valence electrons. The van der Waals surface area contributed by atoms with Gasteiger partial charge >= 0.3 is 12.2 Å². The Kier molecular flexibility index (Phi) is 14.0. The first-order chi connectivity index (χ1) is 21.1. The molecule has 0 radical (unpaired) electrons. The maximum absolute atomic E-state index is 11.7. The third-order valence-corrected chi connectivity index (χ3v) is 7.02. The lowest BCUT2D eigenvalue weighted by Crippen LogP contribution is -2.35. The summed E-state index contributed by atoms with van der Waals surface area (Å²) in [6.45, 7) is 11.5. The molecular formula is C33H47N5O6. The monoisotopic (exact) mass is 609 g/mol. The number of likely N-dealkylation sites (tertiary alicyclic amines) is 1. The van der Waals surface area contributed by atoms with Gasteiger partial charge in [0, 0.05) is 17.7 Å². The molecule has 0 atom stereocenters. The van der Waals surface area contributed by atoms with Gasteiger partial charge in [0.2, 0.25) is 0 Å². The summed E-state index contributed by atoms with van der Waals surface area (Å²) in [5, 5.41) is 0. The fourth-order valence-electron chi connectivity index (χ4n) is 4.76. The summed E-state index contributed by atoms with van der Waals surface area (Å²) in [7, 11) is 0. The summed E-state index contributed by atoms with van der Waals surface area (Å²) in [6, 6.07) is 14.5. The zero-order chi connectivity index (χ0) is 31.9. The average molecular weight is 610 g/mol. The number of amides is 2. The number of nitrogens with zero attached hydrogens (tertiary/aromatic N) is 3. The number of carbonyl (C=O) groups is 2. The van der Waals surface area contributed by atoms with E-state index in [1.54, 1.807) is 52.0 Å². The van der Waals surface area contributed by atoms with Gasteiger partial charge in [0.15, 0.2) is 0 Å². The van der Waals surface area contributed by atoms with Gasteiger partial charge in [0.25, 0.3) is 0 Å². The van der Waals surface area contributed by atoms with E-state index < -0.39 is 12.2 Å². The van der Waals surface area contributed by atoms with Crippen LogP contribution in [0, 0.1) is 5.92 Å². The first kappa shape index (κ1) is 34.4. The van der Waals surface area contributed by atoms with Crippen molar-refractivity contribution in [3.8, 4) is 11.5 Å². The Morgan fingerprint density at radius 1 is 0.750 bits per heavy atom. The summed E-state index contributed by atoms with van der Waals surface area (Å²) in [4.78, 5) is 33.4. The summed E-state index contributed by atoms with van der Waals surface area (Å²) in [5.41, 5.74) is 13.1. The van der Waals surface area contributed by atoms with Crippen LogP contribution >= 0.6 is 0 Å². The molecule has 0 bridgehead atoms. The largest absolute Gasteiger partial charge is 0.494 e. The highest BCUT2D eigenvalue weighted by atomic mass is 16.6. The highest BCUT2D eigenvalue weighted by Gasteiger charge is 2.18. The van der Waals surface area contributed by atoms with Gasteiger partial charge in [0.1, 0.15) is 23.2 Å². The van der Waals surface area contributed by atoms with Gasteiger partial charge in [-0.15, -0.1) is 0 Å². The molecule has 0 spiro atoms. The Balaban J connectivity index is 1.26. The smallest absolute Gasteiger partial charge is 0.435 e. The van der Waals surface area contributed by atoms with E-state index in [1.165, 1.54) is 12.8 Å². The minimum atomic E-state index is -0.697. The van der Waals surface area contributed by atoms with Crippen LogP contribution in [-0.4, -0.2) is 73.8 Å². The van der Waals surface area contributed by atoms with Crippen LogP contribution < -0.4 is 20.9 Å². The molecular weight excluding hydrogens is 562 g/mol. The van der Waals surface area contributed by atoms with Crippen LogP contribution in [-0.2, 0) is 9.47 Å². The molecule has 1 saturated heterocycles. The molecule has 2 aromatic carbocycles. The number of nitrogens with two attached hydrogens (primary N) is 2. The molecule has 11 heteroatoms. The maximum Gasteiger partial charge on any atom is 0.435 e. The second kappa shape index (κ2) is 17.9. The van der Waals surface area contributed by atoms with Crippen LogP contribution in [0.4, 0.5) is 9.59 Å². The van der Waals surface area contributed by atoms with E-state index in [2.05, 4.69) is 14.9 Å². The van der Waals surface area contributed by atoms with Crippen molar-refractivity contribution in [1.82, 2.24) is 4.90 Å². The fraction of sp³-hybridized carbons (Fsp3) is 0.515. The highest BCUT2D eigenvalue weighted by molar-refractivity contribution is 6.03. The molecule has 0 aliphatic carbocycles. The zero-order valence-corrected chi connectivity index (χ0v) is 26.4. The van der Waals surface area contributed by atoms with E-state index in [9.17, 15) is 9.59 Å². The van der Waals surface area contributed by atoms with Crippen LogP contribution in [0.1, 0.15) is 70.9 Å². The lowest BCUT2D eigenvalue weighted by atomic mass is 9.92. The predicted octanol–water partition coefficient (Wildman–Crippen LogP) is 5.53. The quantitative estimate of drug-likeness (QED) is 0.160. The molecule has 2 amide bonds. The summed E-state index contributed by atoms with van der Waals surface area (Å²) >= 11 is 0. The first-order valence-electron chi connectivity index (χ1n) is 15.4. The van der Waals surface area contributed by atoms with Crippen LogP contribution in [0.15, 0.2) is 58.5 Å². The van der Waals surface area contributed by atoms with E-state index >= 15 is 0 Å². The lowest BCUT2D eigenvalue weighted by molar-refractivity contribution is 0.125. The van der Waals surface area contributed by atoms with Crippen molar-refractivity contribution < 1.29 is 28.5 Å². The molecule has 0 unspecified atom stereocenters. The molecule has 1 aliphatic heterocycles. The Morgan fingerprint density at radius 2 is 1.18 bits per heavy atom. The Labute approximate surface area is 260 Å². The molecule has 2 aromatic rings. The Morgan fingerprint density at radius 3 is 1.61 bits per heavy atom. The van der Waals surface area contributed by atoms with Crippen molar-refractivity contribution in [2.24, 2.45) is 27.4 Å². The highest BCUT2D eigenvalue weighted by Crippen LogP contribution is 2.23. The summed E-state index contributed by atoms with van der Waals surface area (Å²) in [5.74, 6) is 2.47. The van der Waals surface area contributed by atoms with E-state index in [4.69, 9.17) is 30.4 Å². The maximum atomic E-state index is 11.7. The average Bonchev–Trinajstić information content (AvgIpc) is 2.98. The number of aliphatic imine (C=N–C) groups is 2. The minimum absolute atomic E-state index is 0.116. The molecule has 0 aromatic heterocycles. The fourth-order valence-corrected chi connectivity index (χ4v) is 4.76. The molecule has 44 heavy (non-hydrogen) atoms. The molecule has 3 rings (SSSR count). The van der Waals surface area contributed by atoms with Gasteiger partial charge in [-0.05, 0) is 127 Å². The zero-order valence-electron chi connectivity index (χ0n) is 26.4. The molecule has 1 heterocycles. The second-order valence-electron chi connectivity index (χ2n) is 11.4. The third kappa shape index (κ3) is 12.6. The first-order valence-corrected chi connectivity index (χ1v) is 15.4.